The topological polar surface area (TPSA) is 0 Å². The smallest absolute Gasteiger partial charge is 0.134 e. The summed E-state index contributed by atoms with van der Waals surface area (Å²) in [5, 5.41) is 1.68. The van der Waals surface area contributed by atoms with Crippen LogP contribution in [-0.4, -0.2) is 94.9 Å². The highest BCUT2D eigenvalue weighted by Gasteiger charge is 2.38. The lowest BCUT2D eigenvalue weighted by atomic mass is 8.86. The second-order valence-corrected chi connectivity index (χ2v) is 7.76. The van der Waals surface area contributed by atoms with Crippen molar-refractivity contribution in [2.24, 2.45) is 0 Å². The Morgan fingerprint density at radius 2 is 1.43 bits per heavy atom. The lowest BCUT2D eigenvalue weighted by Gasteiger charge is -2.14. The Balaban J connectivity index is 3.49. The fourth-order valence-electron chi connectivity index (χ4n) is 3.42. The lowest BCUT2D eigenvalue weighted by molar-refractivity contribution is 1.60. The summed E-state index contributed by atoms with van der Waals surface area (Å²) >= 11 is 0. The zero-order valence-electron chi connectivity index (χ0n) is 16.0. The summed E-state index contributed by atoms with van der Waals surface area (Å²) in [6, 6.07) is 0. The second-order valence-electron chi connectivity index (χ2n) is 7.76. The van der Waals surface area contributed by atoms with E-state index in [9.17, 15) is 0 Å². The molecule has 0 aromatic rings. The number of rotatable bonds is 5. The van der Waals surface area contributed by atoms with E-state index in [-0.39, 0.29) is 0 Å². The number of hydrogen-bond donors (Lipinski definition) is 0. The Morgan fingerprint density at radius 1 is 0.905 bits per heavy atom. The van der Waals surface area contributed by atoms with Gasteiger partial charge in [-0.3, -0.25) is 0 Å². The molecular formula is C8H23B13. The van der Waals surface area contributed by atoms with Crippen LogP contribution in [0.1, 0.15) is 13.8 Å². The van der Waals surface area contributed by atoms with E-state index in [1.807, 2.05) is 0 Å². The van der Waals surface area contributed by atoms with Crippen molar-refractivity contribution in [3.8, 4) is 0 Å². The maximum atomic E-state index is 2.39. The van der Waals surface area contributed by atoms with Gasteiger partial charge < -0.3 is 0 Å². The maximum absolute atomic E-state index is 2.39. The molecule has 94 valence electrons. The average Bonchev–Trinajstić information content (AvgIpc) is 3.11. The van der Waals surface area contributed by atoms with Crippen LogP contribution < -0.4 is 0 Å². The normalized spacial score (nSPS) is 20.3. The van der Waals surface area contributed by atoms with E-state index in [1.54, 1.807) is 27.6 Å². The Hall–Kier alpha value is 0.0642. The summed E-state index contributed by atoms with van der Waals surface area (Å²) in [5.41, 5.74) is 7.86. The molecule has 0 spiro atoms. The third-order valence-corrected chi connectivity index (χ3v) is 5.32. The average molecular weight is 260 g/mol. The van der Waals surface area contributed by atoms with Crippen molar-refractivity contribution in [2.75, 3.05) is 0 Å². The van der Waals surface area contributed by atoms with Gasteiger partial charge in [0.2, 0.25) is 0 Å². The molecule has 0 bridgehead atoms. The standard InChI is InChI=1S/C8H23B13/c1-3(9)5-6(4(2)20(14)21(15)16)7(5)8(18(11)12)19(13)17-10/h17H,9-16H2,1-2H3/b5-3?,6-4-,8-7-. The fraction of sp³-hybridized carbons (Fsp3) is 0.250. The Labute approximate surface area is 142 Å². The van der Waals surface area contributed by atoms with Crippen LogP contribution >= 0.6 is 0 Å². The molecule has 0 heterocycles. The van der Waals surface area contributed by atoms with Gasteiger partial charge in [0.25, 0.3) is 0 Å². The molecule has 21 heavy (non-hydrogen) atoms. The molecule has 1 aliphatic rings. The van der Waals surface area contributed by atoms with Crippen molar-refractivity contribution in [1.29, 1.82) is 0 Å². The summed E-state index contributed by atoms with van der Waals surface area (Å²) in [5.74, 6) is 0. The van der Waals surface area contributed by atoms with E-state index >= 15 is 0 Å². The molecule has 13 heteroatoms. The first kappa shape index (κ1) is 19.1. The molecule has 0 saturated heterocycles. The Bertz CT molecular complexity index is 496. The molecular weight excluding hydrogens is 237 g/mol. The predicted molar refractivity (Wildman–Crippen MR) is 131 cm³/mol. The van der Waals surface area contributed by atoms with Gasteiger partial charge in [-0.2, -0.15) is 5.37 Å². The van der Waals surface area contributed by atoms with Crippen LogP contribution in [-0.2, 0) is 0 Å². The quantitative estimate of drug-likeness (QED) is 0.431. The highest BCUT2D eigenvalue weighted by molar-refractivity contribution is 7.68. The minimum atomic E-state index is 0.643. The van der Waals surface area contributed by atoms with Crippen molar-refractivity contribution in [2.45, 2.75) is 13.8 Å². The van der Waals surface area contributed by atoms with Gasteiger partial charge in [0, 0.05) is 6.39 Å². The molecule has 0 aliphatic heterocycles. The van der Waals surface area contributed by atoms with Crippen molar-refractivity contribution in [3.05, 3.63) is 33.0 Å². The van der Waals surface area contributed by atoms with Crippen LogP contribution in [0.15, 0.2) is 33.0 Å². The Kier molecular flexibility index (Phi) is 6.88. The Morgan fingerprint density at radius 3 is 1.76 bits per heavy atom. The molecule has 0 amide bonds. The highest BCUT2D eigenvalue weighted by Crippen LogP contribution is 2.50. The largest absolute Gasteiger partial charge is 0.154 e. The number of hydrogen-bond acceptors (Lipinski definition) is 0. The monoisotopic (exact) mass is 262 g/mol. The van der Waals surface area contributed by atoms with Crippen molar-refractivity contribution in [1.82, 2.24) is 0 Å². The van der Waals surface area contributed by atoms with Gasteiger partial charge in [0.1, 0.15) is 7.85 Å². The molecule has 0 nitrogen and oxygen atoms in total. The van der Waals surface area contributed by atoms with Gasteiger partial charge in [0.05, 0.1) is 80.7 Å². The molecule has 0 unspecified atom stereocenters. The van der Waals surface area contributed by atoms with Gasteiger partial charge in [-0.25, -0.2) is 0 Å². The number of allylic oxidation sites excluding steroid dienone is 5. The molecule has 1 fully saturated rings. The summed E-state index contributed by atoms with van der Waals surface area (Å²) in [6.07, 6.45) is 0.712. The minimum Gasteiger partial charge on any atom is -0.154 e. The summed E-state index contributed by atoms with van der Waals surface area (Å²) in [7, 11) is 20.0. The predicted octanol–water partition coefficient (Wildman–Crippen LogP) is -7.54. The fourth-order valence-corrected chi connectivity index (χ4v) is 3.42. The molecule has 1 rings (SSSR count). The third-order valence-electron chi connectivity index (χ3n) is 5.32. The van der Waals surface area contributed by atoms with Crippen LogP contribution in [0.3, 0.4) is 0 Å². The van der Waals surface area contributed by atoms with Crippen LogP contribution in [0, 0.1) is 0 Å². The van der Waals surface area contributed by atoms with Gasteiger partial charge in [-0.1, -0.05) is 13.8 Å². The molecule has 0 N–H and O–H groups in total. The zero-order chi connectivity index (χ0) is 16.5. The maximum Gasteiger partial charge on any atom is 0.134 e. The van der Waals surface area contributed by atoms with Gasteiger partial charge in [-0.05, 0) is 16.7 Å². The summed E-state index contributed by atoms with van der Waals surface area (Å²) < 4.78 is 0. The van der Waals surface area contributed by atoms with Crippen molar-refractivity contribution >= 4 is 94.9 Å². The molecule has 0 aromatic heterocycles. The van der Waals surface area contributed by atoms with E-state index in [2.05, 4.69) is 75.9 Å². The van der Waals surface area contributed by atoms with E-state index in [0.29, 0.717) is 25.9 Å². The van der Waals surface area contributed by atoms with Crippen molar-refractivity contribution in [3.63, 3.8) is 0 Å². The molecule has 0 radical (unpaired) electrons. The van der Waals surface area contributed by atoms with E-state index < -0.39 is 0 Å². The third kappa shape index (κ3) is 4.08. The van der Waals surface area contributed by atoms with Gasteiger partial charge >= 0.3 is 0 Å². The van der Waals surface area contributed by atoms with Crippen LogP contribution in [0.4, 0.5) is 0 Å². The first-order chi connectivity index (χ1) is 9.64. The van der Waals surface area contributed by atoms with E-state index in [0.717, 1.165) is 0 Å². The highest BCUT2D eigenvalue weighted by atomic mass is 14.3. The van der Waals surface area contributed by atoms with Crippen LogP contribution in [0.25, 0.3) is 0 Å². The minimum absolute atomic E-state index is 0.643. The zero-order valence-corrected chi connectivity index (χ0v) is 16.0. The van der Waals surface area contributed by atoms with Crippen molar-refractivity contribution < 1.29 is 0 Å². The summed E-state index contributed by atoms with van der Waals surface area (Å²) in [6.45, 7) is 6.62. The van der Waals surface area contributed by atoms with Gasteiger partial charge in [0.15, 0.2) is 0 Å². The van der Waals surface area contributed by atoms with E-state index in [1.165, 1.54) is 12.5 Å². The van der Waals surface area contributed by atoms with E-state index in [4.69, 9.17) is 0 Å². The lowest BCUT2D eigenvalue weighted by Crippen LogP contribution is -2.39. The molecule has 1 aliphatic carbocycles. The first-order valence-corrected chi connectivity index (χ1v) is 8.78. The summed E-state index contributed by atoms with van der Waals surface area (Å²) in [4.78, 5) is 0. The molecule has 1 saturated carbocycles. The SMILES string of the molecule is BBB(B)/C(B(B)B)=C1/C(=C(B)C)/C1=C(\C)B(B)B(B)B. The van der Waals surface area contributed by atoms with Gasteiger partial charge in [-0.15, -0.1) is 10.9 Å². The second kappa shape index (κ2) is 7.56. The van der Waals surface area contributed by atoms with Crippen LogP contribution in [0.2, 0.25) is 0 Å². The van der Waals surface area contributed by atoms with Crippen LogP contribution in [0.5, 0.6) is 0 Å². The molecule has 0 aromatic carbocycles. The first-order valence-electron chi connectivity index (χ1n) is 8.78. The molecule has 0 atom stereocenters.